The van der Waals surface area contributed by atoms with Gasteiger partial charge in [0, 0.05) is 17.1 Å². The average Bonchev–Trinajstić information content (AvgIpc) is 3.33. The van der Waals surface area contributed by atoms with E-state index >= 15 is 0 Å². The van der Waals surface area contributed by atoms with Crippen LogP contribution in [-0.2, 0) is 4.79 Å². The number of carboxylic acid groups (broad SMARTS) is 1. The highest BCUT2D eigenvalue weighted by Crippen LogP contribution is 2.30. The van der Waals surface area contributed by atoms with Crippen molar-refractivity contribution in [3.8, 4) is 11.1 Å². The molecular weight excluding hydrogens is 502 g/mol. The number of aryl methyl sites for hydroxylation is 1. The summed E-state index contributed by atoms with van der Waals surface area (Å²) in [5, 5.41) is 26.9. The molecule has 0 unspecified atom stereocenters. The van der Waals surface area contributed by atoms with E-state index in [9.17, 15) is 13.2 Å². The van der Waals surface area contributed by atoms with Crippen molar-refractivity contribution >= 4 is 52.1 Å². The number of halogens is 3. The van der Waals surface area contributed by atoms with Crippen molar-refractivity contribution in [3.63, 3.8) is 0 Å². The van der Waals surface area contributed by atoms with Crippen LogP contribution in [0.15, 0.2) is 72.9 Å². The fourth-order valence-electron chi connectivity index (χ4n) is 3.53. The number of carbonyl (C=O) groups is 1. The van der Waals surface area contributed by atoms with Crippen molar-refractivity contribution in [2.75, 3.05) is 11.5 Å². The standard InChI is InChI=1S/C12H11BO2.C11H11N5.C2HF3O2/c14-13(15)12-8-6-11(7-9-12)10-4-2-1-3-5-10;1-5-4-7-6(2-3-14-7)8-9(5)15-11(13)16-10(8)12;3-2(4,5)1(6)7/h1-9,14-15H;2-4,14H,1H3,(H4,12,13,15,16);(H,6,7). The van der Waals surface area contributed by atoms with Gasteiger partial charge in [-0.2, -0.15) is 18.2 Å². The molecule has 13 heteroatoms. The van der Waals surface area contributed by atoms with Crippen LogP contribution in [0.2, 0.25) is 0 Å². The van der Waals surface area contributed by atoms with Gasteiger partial charge in [0.05, 0.1) is 10.9 Å². The minimum atomic E-state index is -5.08. The molecule has 0 amide bonds. The Morgan fingerprint density at radius 1 is 0.947 bits per heavy atom. The number of aromatic amines is 1. The highest BCUT2D eigenvalue weighted by Gasteiger charge is 2.38. The number of H-pyrrole nitrogens is 1. The van der Waals surface area contributed by atoms with Crippen LogP contribution in [0, 0.1) is 6.92 Å². The lowest BCUT2D eigenvalue weighted by Crippen LogP contribution is -2.29. The van der Waals surface area contributed by atoms with Gasteiger partial charge in [0.1, 0.15) is 5.82 Å². The van der Waals surface area contributed by atoms with E-state index in [1.54, 1.807) is 12.1 Å². The van der Waals surface area contributed by atoms with Gasteiger partial charge in [-0.25, -0.2) is 9.78 Å². The van der Waals surface area contributed by atoms with Crippen molar-refractivity contribution in [2.45, 2.75) is 13.1 Å². The lowest BCUT2D eigenvalue weighted by atomic mass is 9.80. The van der Waals surface area contributed by atoms with E-state index in [2.05, 4.69) is 15.0 Å². The van der Waals surface area contributed by atoms with Crippen LogP contribution in [-0.4, -0.2) is 49.4 Å². The largest absolute Gasteiger partial charge is 0.490 e. The number of aliphatic carboxylic acids is 1. The second-order valence-electron chi connectivity index (χ2n) is 7.99. The van der Waals surface area contributed by atoms with Crippen LogP contribution < -0.4 is 16.9 Å². The van der Waals surface area contributed by atoms with Crippen molar-refractivity contribution < 1.29 is 33.1 Å². The van der Waals surface area contributed by atoms with E-state index < -0.39 is 19.3 Å². The molecule has 0 aliphatic carbocycles. The number of alkyl halides is 3. The summed E-state index contributed by atoms with van der Waals surface area (Å²) < 4.78 is 31.7. The van der Waals surface area contributed by atoms with Crippen molar-refractivity contribution in [2.24, 2.45) is 0 Å². The summed E-state index contributed by atoms with van der Waals surface area (Å²) in [5.41, 5.74) is 17.1. The van der Waals surface area contributed by atoms with Gasteiger partial charge in [-0.1, -0.05) is 54.6 Å². The molecule has 3 aromatic carbocycles. The van der Waals surface area contributed by atoms with E-state index in [0.29, 0.717) is 11.3 Å². The zero-order valence-electron chi connectivity index (χ0n) is 19.9. The van der Waals surface area contributed by atoms with Crippen molar-refractivity contribution in [1.29, 1.82) is 0 Å². The van der Waals surface area contributed by atoms with Gasteiger partial charge in [-0.15, -0.1) is 0 Å². The highest BCUT2D eigenvalue weighted by molar-refractivity contribution is 6.58. The van der Waals surface area contributed by atoms with Crippen LogP contribution in [0.25, 0.3) is 32.9 Å². The van der Waals surface area contributed by atoms with Crippen molar-refractivity contribution in [1.82, 2.24) is 15.0 Å². The molecule has 0 aliphatic rings. The van der Waals surface area contributed by atoms with Crippen LogP contribution in [0.4, 0.5) is 24.9 Å². The van der Waals surface area contributed by atoms with Crippen molar-refractivity contribution in [3.05, 3.63) is 78.5 Å². The monoisotopic (exact) mass is 525 g/mol. The maximum Gasteiger partial charge on any atom is 0.490 e. The molecule has 0 fully saturated rings. The lowest BCUT2D eigenvalue weighted by molar-refractivity contribution is -0.192. The first-order valence-corrected chi connectivity index (χ1v) is 11.0. The number of rotatable bonds is 2. The predicted molar refractivity (Wildman–Crippen MR) is 140 cm³/mol. The molecule has 0 saturated carbocycles. The fourth-order valence-corrected chi connectivity index (χ4v) is 3.53. The number of carboxylic acids is 1. The number of hydrogen-bond donors (Lipinski definition) is 6. The molecule has 38 heavy (non-hydrogen) atoms. The Labute approximate surface area is 214 Å². The molecule has 2 heterocycles. The van der Waals surface area contributed by atoms with Crippen LogP contribution in [0.3, 0.4) is 0 Å². The Hall–Kier alpha value is -4.62. The second-order valence-corrected chi connectivity index (χ2v) is 7.99. The zero-order chi connectivity index (χ0) is 28.0. The number of hydrogen-bond acceptors (Lipinski definition) is 7. The van der Waals surface area contributed by atoms with E-state index in [1.165, 1.54) is 0 Å². The lowest BCUT2D eigenvalue weighted by Gasteiger charge is -2.06. The summed E-state index contributed by atoms with van der Waals surface area (Å²) in [7, 11) is -1.39. The summed E-state index contributed by atoms with van der Waals surface area (Å²) in [6.07, 6.45) is -3.21. The molecule has 2 aromatic heterocycles. The van der Waals surface area contributed by atoms with Crippen LogP contribution >= 0.6 is 0 Å². The minimum Gasteiger partial charge on any atom is -0.475 e. The smallest absolute Gasteiger partial charge is 0.475 e. The minimum absolute atomic E-state index is 0.211. The molecule has 0 aliphatic heterocycles. The molecule has 0 saturated heterocycles. The van der Waals surface area contributed by atoms with Gasteiger partial charge < -0.3 is 31.6 Å². The third-order valence-corrected chi connectivity index (χ3v) is 5.30. The molecule has 5 aromatic rings. The quantitative estimate of drug-likeness (QED) is 0.191. The van der Waals surface area contributed by atoms with Gasteiger partial charge in [0.2, 0.25) is 5.95 Å². The number of fused-ring (bicyclic) bond motifs is 3. The molecule has 5 rings (SSSR count). The van der Waals surface area contributed by atoms with E-state index in [-0.39, 0.29) is 5.95 Å². The number of anilines is 2. The molecule has 0 atom stereocenters. The molecule has 0 radical (unpaired) electrons. The van der Waals surface area contributed by atoms with Gasteiger partial charge in [0.25, 0.3) is 0 Å². The Bertz CT molecular complexity index is 1540. The Kier molecular flexibility index (Phi) is 8.55. The maximum absolute atomic E-state index is 10.6. The third-order valence-electron chi connectivity index (χ3n) is 5.30. The first kappa shape index (κ1) is 28.0. The summed E-state index contributed by atoms with van der Waals surface area (Å²) in [6, 6.07) is 21.1. The number of aromatic nitrogens is 3. The van der Waals surface area contributed by atoms with E-state index in [0.717, 1.165) is 38.5 Å². The summed E-state index contributed by atoms with van der Waals surface area (Å²) in [4.78, 5) is 20.3. The van der Waals surface area contributed by atoms with Gasteiger partial charge in [-0.05, 0) is 41.2 Å². The summed E-state index contributed by atoms with van der Waals surface area (Å²) >= 11 is 0. The first-order chi connectivity index (χ1) is 17.9. The number of benzene rings is 3. The number of nitrogens with zero attached hydrogens (tertiary/aromatic N) is 2. The van der Waals surface area contributed by atoms with Crippen LogP contribution in [0.1, 0.15) is 5.56 Å². The SMILES string of the molecule is Cc1cc2[nH]ccc2c2c(N)nc(N)nc12.O=C(O)C(F)(F)F.OB(O)c1ccc(-c2ccccc2)cc1. The number of nitrogen functional groups attached to an aromatic ring is 2. The highest BCUT2D eigenvalue weighted by atomic mass is 19.4. The predicted octanol–water partition coefficient (Wildman–Crippen LogP) is 3.25. The van der Waals surface area contributed by atoms with E-state index in [1.807, 2.05) is 67.7 Å². The second kappa shape index (κ2) is 11.6. The van der Waals surface area contributed by atoms with Gasteiger partial charge in [0.15, 0.2) is 0 Å². The zero-order valence-corrected chi connectivity index (χ0v) is 19.9. The first-order valence-electron chi connectivity index (χ1n) is 11.0. The maximum atomic E-state index is 10.6. The topological polar surface area (TPSA) is 171 Å². The Balaban J connectivity index is 0.000000171. The summed E-state index contributed by atoms with van der Waals surface area (Å²) in [6.45, 7) is 1.98. The third kappa shape index (κ3) is 6.78. The molecular formula is C25H23BF3N5O4. The van der Waals surface area contributed by atoms with Crippen LogP contribution in [0.5, 0.6) is 0 Å². The molecule has 9 nitrogen and oxygen atoms in total. The molecule has 0 bridgehead atoms. The molecule has 8 N–H and O–H groups in total. The summed E-state index contributed by atoms with van der Waals surface area (Å²) in [5.74, 6) is -2.12. The van der Waals surface area contributed by atoms with Gasteiger partial charge >= 0.3 is 19.3 Å². The Morgan fingerprint density at radius 2 is 1.53 bits per heavy atom. The Morgan fingerprint density at radius 3 is 2.08 bits per heavy atom. The fraction of sp³-hybridized carbons (Fsp3) is 0.0800. The number of nitrogens with one attached hydrogen (secondary N) is 1. The average molecular weight is 525 g/mol. The molecule has 0 spiro atoms. The van der Waals surface area contributed by atoms with E-state index in [4.69, 9.17) is 31.4 Å². The number of nitrogens with two attached hydrogens (primary N) is 2. The molecule has 196 valence electrons. The normalized spacial score (nSPS) is 10.8. The van der Waals surface area contributed by atoms with Gasteiger partial charge in [-0.3, -0.25) is 0 Å².